The highest BCUT2D eigenvalue weighted by Gasteiger charge is 2.20. The van der Waals surface area contributed by atoms with Crippen LogP contribution in [0.2, 0.25) is 5.02 Å². The first-order chi connectivity index (χ1) is 15.7. The molecule has 11 heteroatoms. The van der Waals surface area contributed by atoms with Gasteiger partial charge in [0, 0.05) is 24.8 Å². The summed E-state index contributed by atoms with van der Waals surface area (Å²) in [6, 6.07) is 12.6. The minimum Gasteiger partial charge on any atom is -0.325 e. The molecule has 2 heterocycles. The van der Waals surface area contributed by atoms with Crippen molar-refractivity contribution in [3.63, 3.8) is 0 Å². The van der Waals surface area contributed by atoms with Gasteiger partial charge >= 0.3 is 5.69 Å². The van der Waals surface area contributed by atoms with E-state index >= 15 is 0 Å². The van der Waals surface area contributed by atoms with Crippen molar-refractivity contribution in [1.82, 2.24) is 18.7 Å². The van der Waals surface area contributed by atoms with E-state index in [0.29, 0.717) is 15.9 Å². The molecule has 0 bridgehead atoms. The monoisotopic (exact) mass is 487 g/mol. The molecule has 0 fully saturated rings. The molecule has 0 atom stereocenters. The van der Waals surface area contributed by atoms with Crippen molar-refractivity contribution in [2.24, 2.45) is 14.1 Å². The summed E-state index contributed by atoms with van der Waals surface area (Å²) >= 11 is 7.00. The van der Waals surface area contributed by atoms with Crippen LogP contribution in [0.1, 0.15) is 5.56 Å². The number of hydrogen-bond acceptors (Lipinski definition) is 5. The van der Waals surface area contributed by atoms with Crippen molar-refractivity contribution < 1.29 is 9.18 Å². The number of nitrogens with one attached hydrogen (secondary N) is 1. The van der Waals surface area contributed by atoms with E-state index in [1.54, 1.807) is 41.0 Å². The minimum atomic E-state index is -0.504. The van der Waals surface area contributed by atoms with E-state index < -0.39 is 11.2 Å². The second-order valence-electron chi connectivity index (χ2n) is 7.33. The average molecular weight is 488 g/mol. The van der Waals surface area contributed by atoms with Gasteiger partial charge in [-0.25, -0.2) is 14.2 Å². The molecule has 0 aliphatic rings. The van der Waals surface area contributed by atoms with Crippen LogP contribution in [0.25, 0.3) is 11.2 Å². The second-order valence-corrected chi connectivity index (χ2v) is 8.71. The van der Waals surface area contributed by atoms with Gasteiger partial charge in [-0.05, 0) is 42.0 Å². The molecular formula is C22H19ClFN5O3S. The first kappa shape index (κ1) is 22.8. The molecule has 1 N–H and O–H groups in total. The van der Waals surface area contributed by atoms with Gasteiger partial charge < -0.3 is 9.88 Å². The van der Waals surface area contributed by atoms with Gasteiger partial charge in [0.2, 0.25) is 5.91 Å². The molecule has 2 aromatic heterocycles. The summed E-state index contributed by atoms with van der Waals surface area (Å²) in [5, 5.41) is 3.72. The van der Waals surface area contributed by atoms with Gasteiger partial charge in [-0.2, -0.15) is 0 Å². The lowest BCUT2D eigenvalue weighted by molar-refractivity contribution is -0.113. The van der Waals surface area contributed by atoms with E-state index in [2.05, 4.69) is 10.3 Å². The number of halogens is 2. The van der Waals surface area contributed by atoms with Gasteiger partial charge in [0.1, 0.15) is 5.82 Å². The Morgan fingerprint density at radius 3 is 2.39 bits per heavy atom. The predicted molar refractivity (Wildman–Crippen MR) is 127 cm³/mol. The molecule has 1 amide bonds. The van der Waals surface area contributed by atoms with Crippen molar-refractivity contribution in [2.45, 2.75) is 11.7 Å². The molecule has 0 unspecified atom stereocenters. The summed E-state index contributed by atoms with van der Waals surface area (Å²) in [7, 11) is 2.92. The number of carbonyl (C=O) groups excluding carboxylic acids is 1. The Morgan fingerprint density at radius 1 is 1.06 bits per heavy atom. The number of benzene rings is 2. The first-order valence-electron chi connectivity index (χ1n) is 9.83. The molecule has 170 valence electrons. The highest BCUT2D eigenvalue weighted by atomic mass is 35.5. The number of anilines is 1. The standard InChI is InChI=1S/C22H19ClFN5O3S/c1-27-19-18(20(31)28(2)22(27)32)29(11-13-3-7-15(24)8-4-13)21(26-19)33-12-17(30)25-16-9-5-14(23)6-10-16/h3-10H,11-12H2,1-2H3,(H,25,30). The molecule has 0 aliphatic carbocycles. The van der Waals surface area contributed by atoms with Crippen LogP contribution < -0.4 is 16.6 Å². The van der Waals surface area contributed by atoms with E-state index in [9.17, 15) is 18.8 Å². The zero-order valence-corrected chi connectivity index (χ0v) is 19.3. The van der Waals surface area contributed by atoms with Gasteiger partial charge in [-0.1, -0.05) is 35.5 Å². The zero-order valence-electron chi connectivity index (χ0n) is 17.7. The predicted octanol–water partition coefficient (Wildman–Crippen LogP) is 3.01. The smallest absolute Gasteiger partial charge is 0.325 e. The van der Waals surface area contributed by atoms with E-state index in [-0.39, 0.29) is 35.2 Å². The van der Waals surface area contributed by atoms with Crippen LogP contribution >= 0.6 is 23.4 Å². The number of fused-ring (bicyclic) bond motifs is 1. The topological polar surface area (TPSA) is 90.9 Å². The lowest BCUT2D eigenvalue weighted by Crippen LogP contribution is -2.37. The number of nitrogens with zero attached hydrogens (tertiary/aromatic N) is 4. The third-order valence-electron chi connectivity index (χ3n) is 5.03. The summed E-state index contributed by atoms with van der Waals surface area (Å²) in [5.41, 5.74) is 0.770. The molecule has 2 aromatic carbocycles. The average Bonchev–Trinajstić information content (AvgIpc) is 3.16. The highest BCUT2D eigenvalue weighted by molar-refractivity contribution is 7.99. The largest absolute Gasteiger partial charge is 0.332 e. The summed E-state index contributed by atoms with van der Waals surface area (Å²) in [4.78, 5) is 42.2. The Bertz CT molecular complexity index is 1460. The number of imidazole rings is 1. The van der Waals surface area contributed by atoms with Crippen molar-refractivity contribution in [3.05, 3.63) is 85.8 Å². The maximum absolute atomic E-state index is 13.4. The van der Waals surface area contributed by atoms with Crippen molar-refractivity contribution in [3.8, 4) is 0 Å². The molecular weight excluding hydrogens is 469 g/mol. The molecule has 4 rings (SSSR count). The third kappa shape index (κ3) is 4.71. The summed E-state index contributed by atoms with van der Waals surface area (Å²) in [5.74, 6) is -0.630. The first-order valence-corrected chi connectivity index (χ1v) is 11.2. The Balaban J connectivity index is 1.69. The van der Waals surface area contributed by atoms with E-state index in [4.69, 9.17) is 11.6 Å². The summed E-state index contributed by atoms with van der Waals surface area (Å²) in [6.07, 6.45) is 0. The van der Waals surface area contributed by atoms with Crippen LogP contribution in [0.4, 0.5) is 10.1 Å². The molecule has 0 spiro atoms. The van der Waals surface area contributed by atoms with Gasteiger partial charge in [0.15, 0.2) is 16.3 Å². The van der Waals surface area contributed by atoms with Crippen LogP contribution in [0.15, 0.2) is 63.3 Å². The summed E-state index contributed by atoms with van der Waals surface area (Å²) in [6.45, 7) is 0.214. The van der Waals surface area contributed by atoms with Crippen molar-refractivity contribution in [2.75, 3.05) is 11.1 Å². The number of aryl methyl sites for hydroxylation is 1. The number of thioether (sulfide) groups is 1. The maximum Gasteiger partial charge on any atom is 0.332 e. The fraction of sp³-hybridized carbons (Fsp3) is 0.182. The molecule has 0 saturated carbocycles. The van der Waals surface area contributed by atoms with E-state index in [1.165, 1.54) is 30.8 Å². The second kappa shape index (κ2) is 9.24. The van der Waals surface area contributed by atoms with E-state index in [1.807, 2.05) is 0 Å². The molecule has 0 radical (unpaired) electrons. The molecule has 8 nitrogen and oxygen atoms in total. The lowest BCUT2D eigenvalue weighted by Gasteiger charge is -2.10. The minimum absolute atomic E-state index is 0.0175. The fourth-order valence-electron chi connectivity index (χ4n) is 3.32. The Hall–Kier alpha value is -3.37. The molecule has 33 heavy (non-hydrogen) atoms. The molecule has 0 saturated heterocycles. The Kier molecular flexibility index (Phi) is 6.39. The van der Waals surface area contributed by atoms with Gasteiger partial charge in [0.25, 0.3) is 5.56 Å². The number of aromatic nitrogens is 4. The quantitative estimate of drug-likeness (QED) is 0.422. The fourth-order valence-corrected chi connectivity index (χ4v) is 4.24. The number of amides is 1. The summed E-state index contributed by atoms with van der Waals surface area (Å²) < 4.78 is 17.3. The normalized spacial score (nSPS) is 11.2. The third-order valence-corrected chi connectivity index (χ3v) is 6.26. The molecule has 4 aromatic rings. The van der Waals surface area contributed by atoms with Crippen molar-refractivity contribution in [1.29, 1.82) is 0 Å². The van der Waals surface area contributed by atoms with Crippen LogP contribution in [-0.2, 0) is 25.4 Å². The van der Waals surface area contributed by atoms with Crippen LogP contribution in [0.3, 0.4) is 0 Å². The Labute approximate surface area is 196 Å². The highest BCUT2D eigenvalue weighted by Crippen LogP contribution is 2.23. The van der Waals surface area contributed by atoms with Gasteiger partial charge in [-0.3, -0.25) is 18.7 Å². The van der Waals surface area contributed by atoms with Gasteiger partial charge in [0.05, 0.1) is 12.3 Å². The van der Waals surface area contributed by atoms with E-state index in [0.717, 1.165) is 21.9 Å². The zero-order chi connectivity index (χ0) is 23.7. The lowest BCUT2D eigenvalue weighted by atomic mass is 10.2. The van der Waals surface area contributed by atoms with Crippen molar-refractivity contribution >= 4 is 46.1 Å². The Morgan fingerprint density at radius 2 is 1.73 bits per heavy atom. The number of rotatable bonds is 6. The van der Waals surface area contributed by atoms with Crippen LogP contribution in [0, 0.1) is 5.82 Å². The number of hydrogen-bond donors (Lipinski definition) is 1. The molecule has 0 aliphatic heterocycles. The maximum atomic E-state index is 13.4. The number of carbonyl (C=O) groups is 1. The SMILES string of the molecule is Cn1c(=O)c2c(nc(SCC(=O)Nc3ccc(Cl)cc3)n2Cc2ccc(F)cc2)n(C)c1=O. The van der Waals surface area contributed by atoms with Crippen LogP contribution in [-0.4, -0.2) is 30.3 Å². The van der Waals surface area contributed by atoms with Gasteiger partial charge in [-0.15, -0.1) is 0 Å². The van der Waals surface area contributed by atoms with Crippen LogP contribution in [0.5, 0.6) is 0 Å².